The van der Waals surface area contributed by atoms with E-state index in [9.17, 15) is 9.59 Å². The van der Waals surface area contributed by atoms with Gasteiger partial charge in [-0.15, -0.1) is 0 Å². The fourth-order valence-corrected chi connectivity index (χ4v) is 6.00. The molecule has 4 heteroatoms. The van der Waals surface area contributed by atoms with Crippen molar-refractivity contribution in [3.8, 4) is 0 Å². The minimum atomic E-state index is -0.706. The zero-order valence-electron chi connectivity index (χ0n) is 31.8. The van der Waals surface area contributed by atoms with Gasteiger partial charge in [-0.25, -0.2) is 0 Å². The van der Waals surface area contributed by atoms with Gasteiger partial charge in [-0.3, -0.25) is 9.59 Å². The SMILES string of the molecule is CCCCC/C=C\C/C=C\C/C=C\C/C=C\CCCC(=O)OC(CCCCCCCCCCCCCCC)CCCCCCCC(=O)O. The van der Waals surface area contributed by atoms with Crippen molar-refractivity contribution in [3.05, 3.63) is 48.6 Å². The van der Waals surface area contributed by atoms with E-state index in [2.05, 4.69) is 62.5 Å². The quantitative estimate of drug-likeness (QED) is 0.0406. The van der Waals surface area contributed by atoms with Crippen LogP contribution in [0.3, 0.4) is 0 Å². The molecule has 0 aliphatic heterocycles. The van der Waals surface area contributed by atoms with E-state index in [0.717, 1.165) is 83.5 Å². The van der Waals surface area contributed by atoms with Gasteiger partial charge in [0.1, 0.15) is 6.10 Å². The van der Waals surface area contributed by atoms with Crippen LogP contribution in [0.5, 0.6) is 0 Å². The largest absolute Gasteiger partial charge is 0.481 e. The highest BCUT2D eigenvalue weighted by Crippen LogP contribution is 2.19. The molecule has 0 bridgehead atoms. The summed E-state index contributed by atoms with van der Waals surface area (Å²) in [5.41, 5.74) is 0. The number of ether oxygens (including phenoxy) is 1. The van der Waals surface area contributed by atoms with Crippen molar-refractivity contribution in [2.45, 2.75) is 219 Å². The van der Waals surface area contributed by atoms with Gasteiger partial charge in [0.15, 0.2) is 0 Å². The maximum absolute atomic E-state index is 12.7. The van der Waals surface area contributed by atoms with Crippen molar-refractivity contribution < 1.29 is 19.4 Å². The highest BCUT2D eigenvalue weighted by Gasteiger charge is 2.14. The van der Waals surface area contributed by atoms with Crippen LogP contribution < -0.4 is 0 Å². The molecule has 0 aliphatic rings. The molecule has 0 heterocycles. The van der Waals surface area contributed by atoms with Crippen LogP contribution in [0.25, 0.3) is 0 Å². The number of carbonyl (C=O) groups excluding carboxylic acids is 1. The Bertz CT molecular complexity index is 809. The maximum atomic E-state index is 12.7. The molecule has 1 N–H and O–H groups in total. The number of allylic oxidation sites excluding steroid dienone is 8. The predicted molar refractivity (Wildman–Crippen MR) is 209 cm³/mol. The molecule has 0 radical (unpaired) electrons. The second kappa shape index (κ2) is 39.3. The number of esters is 1. The second-order valence-corrected chi connectivity index (χ2v) is 13.8. The zero-order valence-corrected chi connectivity index (χ0v) is 31.8. The number of carbonyl (C=O) groups is 2. The molecule has 0 saturated carbocycles. The van der Waals surface area contributed by atoms with E-state index in [4.69, 9.17) is 9.84 Å². The van der Waals surface area contributed by atoms with E-state index in [1.54, 1.807) is 0 Å². The summed E-state index contributed by atoms with van der Waals surface area (Å²) in [5.74, 6) is -0.755. The Morgan fingerprint density at radius 2 is 0.833 bits per heavy atom. The standard InChI is InChI=1S/C44H78O4/c1-3-5-7-9-11-13-15-17-18-19-20-22-24-26-28-33-37-41-44(47)48-42(39-35-31-29-32-36-40-43(45)46)38-34-30-27-25-23-21-16-14-12-10-8-6-4-2/h11,13,17-18,20,22,26,28,42H,3-10,12,14-16,19,21,23-25,27,29-41H2,1-2H3,(H,45,46)/b13-11-,18-17-,22-20-,28-26-. The van der Waals surface area contributed by atoms with E-state index >= 15 is 0 Å². The summed E-state index contributed by atoms with van der Waals surface area (Å²) in [4.78, 5) is 23.4. The summed E-state index contributed by atoms with van der Waals surface area (Å²) in [6.45, 7) is 4.52. The first-order valence-electron chi connectivity index (χ1n) is 20.6. The van der Waals surface area contributed by atoms with Crippen molar-refractivity contribution in [2.24, 2.45) is 0 Å². The lowest BCUT2D eigenvalue weighted by molar-refractivity contribution is -0.150. The number of rotatable bonds is 37. The van der Waals surface area contributed by atoms with E-state index in [0.29, 0.717) is 6.42 Å². The monoisotopic (exact) mass is 671 g/mol. The third-order valence-corrected chi connectivity index (χ3v) is 9.05. The number of unbranched alkanes of at least 4 members (excludes halogenated alkanes) is 20. The van der Waals surface area contributed by atoms with E-state index in [1.165, 1.54) is 103 Å². The Hall–Kier alpha value is -2.10. The molecular formula is C44H78O4. The smallest absolute Gasteiger partial charge is 0.306 e. The van der Waals surface area contributed by atoms with Gasteiger partial charge < -0.3 is 9.84 Å². The fourth-order valence-electron chi connectivity index (χ4n) is 6.00. The zero-order chi connectivity index (χ0) is 35.0. The van der Waals surface area contributed by atoms with Crippen LogP contribution in [0.15, 0.2) is 48.6 Å². The summed E-state index contributed by atoms with van der Waals surface area (Å²) >= 11 is 0. The molecule has 0 amide bonds. The van der Waals surface area contributed by atoms with Crippen LogP contribution in [-0.2, 0) is 14.3 Å². The topological polar surface area (TPSA) is 63.6 Å². The second-order valence-electron chi connectivity index (χ2n) is 13.8. The maximum Gasteiger partial charge on any atom is 0.306 e. The van der Waals surface area contributed by atoms with Gasteiger partial charge in [-0.2, -0.15) is 0 Å². The van der Waals surface area contributed by atoms with Gasteiger partial charge in [0.2, 0.25) is 0 Å². The molecule has 4 nitrogen and oxygen atoms in total. The first-order chi connectivity index (χ1) is 23.6. The Kier molecular flexibility index (Phi) is 37.6. The summed E-state index contributed by atoms with van der Waals surface area (Å²) in [6, 6.07) is 0. The van der Waals surface area contributed by atoms with Gasteiger partial charge in [-0.1, -0.05) is 172 Å². The number of hydrogen-bond donors (Lipinski definition) is 1. The summed E-state index contributed by atoms with van der Waals surface area (Å²) in [7, 11) is 0. The van der Waals surface area contributed by atoms with E-state index < -0.39 is 5.97 Å². The Labute approximate surface area is 298 Å². The lowest BCUT2D eigenvalue weighted by atomic mass is 10.0. The van der Waals surface area contributed by atoms with Crippen molar-refractivity contribution in [1.82, 2.24) is 0 Å². The summed E-state index contributed by atoms with van der Waals surface area (Å²) in [5, 5.41) is 8.83. The first kappa shape index (κ1) is 45.9. The van der Waals surface area contributed by atoms with Gasteiger partial charge in [0.25, 0.3) is 0 Å². The fraction of sp³-hybridized carbons (Fsp3) is 0.773. The van der Waals surface area contributed by atoms with E-state index in [-0.39, 0.29) is 18.5 Å². The summed E-state index contributed by atoms with van der Waals surface area (Å²) in [6.07, 6.45) is 52.7. The van der Waals surface area contributed by atoms with Gasteiger partial charge in [0, 0.05) is 12.8 Å². The van der Waals surface area contributed by atoms with E-state index in [1.807, 2.05) is 0 Å². The van der Waals surface area contributed by atoms with Gasteiger partial charge >= 0.3 is 11.9 Å². The molecule has 0 spiro atoms. The van der Waals surface area contributed by atoms with Gasteiger partial charge in [-0.05, 0) is 77.0 Å². The molecule has 48 heavy (non-hydrogen) atoms. The van der Waals surface area contributed by atoms with Crippen LogP contribution in [0, 0.1) is 0 Å². The molecular weight excluding hydrogens is 592 g/mol. The molecule has 0 aromatic rings. The van der Waals surface area contributed by atoms with Crippen molar-refractivity contribution in [1.29, 1.82) is 0 Å². The molecule has 0 saturated heterocycles. The van der Waals surface area contributed by atoms with Crippen LogP contribution in [0.2, 0.25) is 0 Å². The third-order valence-electron chi connectivity index (χ3n) is 9.05. The molecule has 278 valence electrons. The average Bonchev–Trinajstić information content (AvgIpc) is 3.07. The molecule has 0 aromatic carbocycles. The Morgan fingerprint density at radius 1 is 0.458 bits per heavy atom. The molecule has 1 unspecified atom stereocenters. The van der Waals surface area contributed by atoms with Gasteiger partial charge in [0.05, 0.1) is 0 Å². The number of aliphatic carboxylic acids is 1. The number of carboxylic acids is 1. The lowest BCUT2D eigenvalue weighted by Crippen LogP contribution is -2.18. The lowest BCUT2D eigenvalue weighted by Gasteiger charge is -2.18. The molecule has 1 atom stereocenters. The van der Waals surface area contributed by atoms with Crippen molar-refractivity contribution in [3.63, 3.8) is 0 Å². The minimum absolute atomic E-state index is 0.0285. The Balaban J connectivity index is 4.14. The highest BCUT2D eigenvalue weighted by molar-refractivity contribution is 5.69. The number of hydrogen-bond acceptors (Lipinski definition) is 3. The number of carboxylic acid groups (broad SMARTS) is 1. The predicted octanol–water partition coefficient (Wildman–Crippen LogP) is 14.3. The molecule has 0 aromatic heterocycles. The third kappa shape index (κ3) is 38.3. The van der Waals surface area contributed by atoms with Crippen molar-refractivity contribution >= 4 is 11.9 Å². The van der Waals surface area contributed by atoms with Crippen LogP contribution in [0.4, 0.5) is 0 Å². The van der Waals surface area contributed by atoms with Crippen LogP contribution in [-0.4, -0.2) is 23.1 Å². The first-order valence-corrected chi connectivity index (χ1v) is 20.6. The molecule has 0 aliphatic carbocycles. The Morgan fingerprint density at radius 3 is 1.29 bits per heavy atom. The minimum Gasteiger partial charge on any atom is -0.481 e. The van der Waals surface area contributed by atoms with Crippen LogP contribution in [0.1, 0.15) is 213 Å². The molecule has 0 rings (SSSR count). The summed E-state index contributed by atoms with van der Waals surface area (Å²) < 4.78 is 5.98. The van der Waals surface area contributed by atoms with Crippen molar-refractivity contribution in [2.75, 3.05) is 0 Å². The van der Waals surface area contributed by atoms with Crippen LogP contribution >= 0.6 is 0 Å². The average molecular weight is 671 g/mol. The normalized spacial score (nSPS) is 12.7. The highest BCUT2D eigenvalue weighted by atomic mass is 16.5. The molecule has 0 fully saturated rings.